The fourth-order valence-electron chi connectivity index (χ4n) is 2.65. The van der Waals surface area contributed by atoms with Gasteiger partial charge in [0.15, 0.2) is 0 Å². The van der Waals surface area contributed by atoms with Crippen molar-refractivity contribution in [2.45, 2.75) is 45.6 Å². The molecule has 1 heterocycles. The first-order valence-electron chi connectivity index (χ1n) is 7.15. The molecule has 1 saturated carbocycles. The van der Waals surface area contributed by atoms with Crippen LogP contribution < -0.4 is 5.32 Å². The Morgan fingerprint density at radius 2 is 2.05 bits per heavy atom. The van der Waals surface area contributed by atoms with Gasteiger partial charge in [0.1, 0.15) is 5.15 Å². The number of carbonyl (C=O) groups excluding carboxylic acids is 1. The molecule has 0 atom stereocenters. The summed E-state index contributed by atoms with van der Waals surface area (Å²) in [6, 6.07) is 0.314. The number of nitrogens with one attached hydrogen (secondary N) is 1. The fourth-order valence-corrected chi connectivity index (χ4v) is 2.89. The van der Waals surface area contributed by atoms with Gasteiger partial charge in [-0.25, -0.2) is 0 Å². The van der Waals surface area contributed by atoms with Crippen molar-refractivity contribution in [1.82, 2.24) is 15.1 Å². The van der Waals surface area contributed by atoms with Crippen LogP contribution in [0, 0.1) is 12.8 Å². The van der Waals surface area contributed by atoms with Crippen LogP contribution in [0.4, 0.5) is 0 Å². The molecule has 1 aromatic rings. The van der Waals surface area contributed by atoms with Crippen molar-refractivity contribution in [3.63, 3.8) is 0 Å². The molecule has 0 spiro atoms. The van der Waals surface area contributed by atoms with Crippen molar-refractivity contribution in [3.8, 4) is 0 Å². The van der Waals surface area contributed by atoms with Gasteiger partial charge >= 0.3 is 0 Å². The minimum absolute atomic E-state index is 0.0520. The summed E-state index contributed by atoms with van der Waals surface area (Å²) in [4.78, 5) is 11.9. The second kappa shape index (κ2) is 6.44. The van der Waals surface area contributed by atoms with Crippen molar-refractivity contribution in [3.05, 3.63) is 22.5 Å². The van der Waals surface area contributed by atoms with Gasteiger partial charge in [-0.15, -0.1) is 0 Å². The SMILES string of the molecule is Cc1nn(C)c(Cl)c1/C=C/C(=O)NC1CCC(C)CC1. The lowest BCUT2D eigenvalue weighted by Crippen LogP contribution is -2.36. The van der Waals surface area contributed by atoms with E-state index in [1.54, 1.807) is 23.9 Å². The average molecular weight is 296 g/mol. The summed E-state index contributed by atoms with van der Waals surface area (Å²) in [5.41, 5.74) is 1.63. The van der Waals surface area contributed by atoms with E-state index >= 15 is 0 Å². The maximum atomic E-state index is 11.9. The van der Waals surface area contributed by atoms with E-state index in [1.807, 2.05) is 6.92 Å². The van der Waals surface area contributed by atoms with E-state index in [9.17, 15) is 4.79 Å². The molecule has 0 saturated heterocycles. The Morgan fingerprint density at radius 1 is 1.40 bits per heavy atom. The summed E-state index contributed by atoms with van der Waals surface area (Å²) in [6.45, 7) is 4.15. The molecule has 1 amide bonds. The number of hydrogen-bond donors (Lipinski definition) is 1. The van der Waals surface area contributed by atoms with Gasteiger partial charge in [0.25, 0.3) is 0 Å². The normalized spacial score (nSPS) is 23.2. The molecule has 0 unspecified atom stereocenters. The molecule has 1 aliphatic carbocycles. The highest BCUT2D eigenvalue weighted by atomic mass is 35.5. The number of aryl methyl sites for hydroxylation is 2. The smallest absolute Gasteiger partial charge is 0.244 e. The predicted molar refractivity (Wildman–Crippen MR) is 81.6 cm³/mol. The minimum atomic E-state index is -0.0520. The van der Waals surface area contributed by atoms with E-state index < -0.39 is 0 Å². The van der Waals surface area contributed by atoms with Gasteiger partial charge in [-0.05, 0) is 44.6 Å². The molecular formula is C15H22ClN3O. The number of amides is 1. The molecule has 0 radical (unpaired) electrons. The van der Waals surface area contributed by atoms with Crippen molar-refractivity contribution in [2.75, 3.05) is 0 Å². The number of hydrogen-bond acceptors (Lipinski definition) is 2. The van der Waals surface area contributed by atoms with Gasteiger partial charge in [-0.2, -0.15) is 5.10 Å². The Morgan fingerprint density at radius 3 is 2.60 bits per heavy atom. The van der Waals surface area contributed by atoms with E-state index in [2.05, 4.69) is 17.3 Å². The van der Waals surface area contributed by atoms with Crippen molar-refractivity contribution in [1.29, 1.82) is 0 Å². The Labute approximate surface area is 125 Å². The molecule has 4 nitrogen and oxygen atoms in total. The maximum Gasteiger partial charge on any atom is 0.244 e. The molecule has 20 heavy (non-hydrogen) atoms. The lowest BCUT2D eigenvalue weighted by Gasteiger charge is -2.26. The van der Waals surface area contributed by atoms with Crippen LogP contribution in [0.2, 0.25) is 5.15 Å². The van der Waals surface area contributed by atoms with Gasteiger partial charge in [0.2, 0.25) is 5.91 Å². The molecule has 1 fully saturated rings. The Bertz CT molecular complexity index is 513. The summed E-state index contributed by atoms with van der Waals surface area (Å²) in [6.07, 6.45) is 7.84. The highest BCUT2D eigenvalue weighted by Crippen LogP contribution is 2.23. The zero-order valence-electron chi connectivity index (χ0n) is 12.3. The summed E-state index contributed by atoms with van der Waals surface area (Å²) < 4.78 is 1.61. The van der Waals surface area contributed by atoms with Gasteiger partial charge in [-0.3, -0.25) is 9.48 Å². The number of carbonyl (C=O) groups is 1. The van der Waals surface area contributed by atoms with Crippen molar-refractivity contribution in [2.24, 2.45) is 13.0 Å². The van der Waals surface area contributed by atoms with Gasteiger partial charge < -0.3 is 5.32 Å². The number of nitrogens with zero attached hydrogens (tertiary/aromatic N) is 2. The van der Waals surface area contributed by atoms with E-state index in [0.717, 1.165) is 30.0 Å². The molecular weight excluding hydrogens is 274 g/mol. The molecule has 1 N–H and O–H groups in total. The molecule has 0 aromatic carbocycles. The maximum absolute atomic E-state index is 11.9. The predicted octanol–water partition coefficient (Wildman–Crippen LogP) is 3.09. The number of rotatable bonds is 3. The number of halogens is 1. The summed E-state index contributed by atoms with van der Waals surface area (Å²) in [5.74, 6) is 0.736. The molecule has 1 aromatic heterocycles. The van der Waals surface area contributed by atoms with Crippen LogP contribution in [0.15, 0.2) is 6.08 Å². The Kier molecular flexibility index (Phi) is 4.86. The standard InChI is InChI=1S/C15H22ClN3O/c1-10-4-6-12(7-5-10)17-14(20)9-8-13-11(2)18-19(3)15(13)16/h8-10,12H,4-7H2,1-3H3,(H,17,20)/b9-8+. The quantitative estimate of drug-likeness (QED) is 0.871. The van der Waals surface area contributed by atoms with Crippen LogP contribution in [0.3, 0.4) is 0 Å². The van der Waals surface area contributed by atoms with E-state index in [4.69, 9.17) is 11.6 Å². The second-order valence-electron chi connectivity index (χ2n) is 5.71. The minimum Gasteiger partial charge on any atom is -0.350 e. The van der Waals surface area contributed by atoms with E-state index in [0.29, 0.717) is 11.2 Å². The first kappa shape index (κ1) is 15.1. The van der Waals surface area contributed by atoms with Crippen LogP contribution in [-0.2, 0) is 11.8 Å². The average Bonchev–Trinajstić information content (AvgIpc) is 2.64. The summed E-state index contributed by atoms with van der Waals surface area (Å²) in [5, 5.41) is 7.83. The molecule has 2 rings (SSSR count). The molecule has 0 bridgehead atoms. The van der Waals surface area contributed by atoms with Crippen LogP contribution in [0.25, 0.3) is 6.08 Å². The first-order valence-corrected chi connectivity index (χ1v) is 7.53. The van der Waals surface area contributed by atoms with Crippen LogP contribution >= 0.6 is 11.6 Å². The molecule has 1 aliphatic rings. The Balaban J connectivity index is 1.92. The lowest BCUT2D eigenvalue weighted by molar-refractivity contribution is -0.117. The molecule has 5 heteroatoms. The first-order chi connectivity index (χ1) is 9.47. The zero-order valence-corrected chi connectivity index (χ0v) is 13.1. The fraction of sp³-hybridized carbons (Fsp3) is 0.600. The monoisotopic (exact) mass is 295 g/mol. The highest BCUT2D eigenvalue weighted by molar-refractivity contribution is 6.31. The largest absolute Gasteiger partial charge is 0.350 e. The van der Waals surface area contributed by atoms with Gasteiger partial charge in [0, 0.05) is 24.7 Å². The molecule has 0 aliphatic heterocycles. The molecule has 110 valence electrons. The highest BCUT2D eigenvalue weighted by Gasteiger charge is 2.19. The van der Waals surface area contributed by atoms with Gasteiger partial charge in [0.05, 0.1) is 5.69 Å². The third kappa shape index (κ3) is 3.63. The van der Waals surface area contributed by atoms with E-state index in [1.165, 1.54) is 12.8 Å². The van der Waals surface area contributed by atoms with Crippen LogP contribution in [0.1, 0.15) is 43.9 Å². The second-order valence-corrected chi connectivity index (χ2v) is 6.07. The van der Waals surface area contributed by atoms with Gasteiger partial charge in [-0.1, -0.05) is 18.5 Å². The topological polar surface area (TPSA) is 46.9 Å². The van der Waals surface area contributed by atoms with Crippen LogP contribution in [0.5, 0.6) is 0 Å². The van der Waals surface area contributed by atoms with Crippen LogP contribution in [-0.4, -0.2) is 21.7 Å². The summed E-state index contributed by atoms with van der Waals surface area (Å²) >= 11 is 6.12. The van der Waals surface area contributed by atoms with Crippen molar-refractivity contribution >= 4 is 23.6 Å². The third-order valence-electron chi connectivity index (χ3n) is 3.96. The number of aromatic nitrogens is 2. The Hall–Kier alpha value is -1.29. The van der Waals surface area contributed by atoms with E-state index in [-0.39, 0.29) is 5.91 Å². The zero-order chi connectivity index (χ0) is 14.7. The summed E-state index contributed by atoms with van der Waals surface area (Å²) in [7, 11) is 1.79. The third-order valence-corrected chi connectivity index (χ3v) is 4.41. The van der Waals surface area contributed by atoms with Crippen molar-refractivity contribution < 1.29 is 4.79 Å². The lowest BCUT2D eigenvalue weighted by atomic mass is 9.87.